The first kappa shape index (κ1) is 11.3. The number of rotatable bonds is 2. The lowest BCUT2D eigenvalue weighted by molar-refractivity contribution is 0.415. The van der Waals surface area contributed by atoms with Gasteiger partial charge in [0.05, 0.1) is 18.3 Å². The highest BCUT2D eigenvalue weighted by Gasteiger charge is 2.09. The number of hydrogen-bond donors (Lipinski definition) is 3. The van der Waals surface area contributed by atoms with E-state index in [1.807, 2.05) is 30.3 Å². The van der Waals surface area contributed by atoms with E-state index in [4.69, 9.17) is 10.5 Å². The molecule has 0 saturated heterocycles. The van der Waals surface area contributed by atoms with Crippen LogP contribution in [0.4, 0.5) is 5.82 Å². The van der Waals surface area contributed by atoms with Crippen LogP contribution in [0.3, 0.4) is 0 Å². The van der Waals surface area contributed by atoms with Crippen molar-refractivity contribution < 1.29 is 4.74 Å². The van der Waals surface area contributed by atoms with E-state index in [1.165, 1.54) is 0 Å². The molecule has 19 heavy (non-hydrogen) atoms. The Hall–Kier alpha value is -2.76. The van der Waals surface area contributed by atoms with Gasteiger partial charge in [0.25, 0.3) is 5.56 Å². The maximum atomic E-state index is 12.0. The highest BCUT2D eigenvalue weighted by atomic mass is 16.5. The lowest BCUT2D eigenvalue weighted by atomic mass is 10.1. The summed E-state index contributed by atoms with van der Waals surface area (Å²) in [7, 11) is 1.61. The number of aromatic nitrogens is 3. The largest absolute Gasteiger partial charge is 0.497 e. The summed E-state index contributed by atoms with van der Waals surface area (Å²) in [5, 5.41) is 6.96. The van der Waals surface area contributed by atoms with Crippen LogP contribution in [0.5, 0.6) is 5.75 Å². The number of aromatic amines is 2. The Balaban J connectivity index is 2.17. The number of ether oxygens (including phenoxy) is 1. The average Bonchev–Trinajstić information content (AvgIpc) is 2.81. The van der Waals surface area contributed by atoms with Crippen LogP contribution < -0.4 is 16.0 Å². The number of fused-ring (bicyclic) bond motifs is 1. The fourth-order valence-corrected chi connectivity index (χ4v) is 2.00. The molecule has 0 spiro atoms. The minimum atomic E-state index is -0.255. The standard InChI is InChI=1S/C13H12N4O2/c1-19-8-4-2-7(3-5-8)9-6-10-11(13(18)15-9)12(14)17-16-10/h2-6H,1H3,(H,15,18)(H3,14,16,17). The predicted molar refractivity (Wildman–Crippen MR) is 73.1 cm³/mol. The van der Waals surface area contributed by atoms with Gasteiger partial charge in [-0.05, 0) is 35.9 Å². The van der Waals surface area contributed by atoms with E-state index < -0.39 is 0 Å². The van der Waals surface area contributed by atoms with Gasteiger partial charge in [0.1, 0.15) is 11.1 Å². The number of methoxy groups -OCH3 is 1. The molecule has 4 N–H and O–H groups in total. The molecule has 0 radical (unpaired) electrons. The molecule has 0 saturated carbocycles. The van der Waals surface area contributed by atoms with E-state index in [0.29, 0.717) is 16.6 Å². The molecule has 96 valence electrons. The second-order valence-electron chi connectivity index (χ2n) is 4.14. The van der Waals surface area contributed by atoms with Crippen LogP contribution >= 0.6 is 0 Å². The van der Waals surface area contributed by atoms with Crippen molar-refractivity contribution in [1.29, 1.82) is 0 Å². The van der Waals surface area contributed by atoms with Crippen molar-refractivity contribution >= 4 is 16.7 Å². The normalized spacial score (nSPS) is 10.8. The molecule has 0 aliphatic carbocycles. The first-order chi connectivity index (χ1) is 9.19. The molecule has 0 amide bonds. The number of pyridine rings is 1. The second kappa shape index (κ2) is 4.16. The summed E-state index contributed by atoms with van der Waals surface area (Å²) < 4.78 is 5.10. The molecule has 6 nitrogen and oxygen atoms in total. The molecule has 0 aliphatic rings. The topological polar surface area (TPSA) is 96.8 Å². The van der Waals surface area contributed by atoms with Gasteiger partial charge in [0, 0.05) is 0 Å². The molecule has 2 aromatic heterocycles. The highest BCUT2D eigenvalue weighted by molar-refractivity contribution is 5.89. The van der Waals surface area contributed by atoms with Gasteiger partial charge in [-0.1, -0.05) is 0 Å². The monoisotopic (exact) mass is 256 g/mol. The van der Waals surface area contributed by atoms with Crippen molar-refractivity contribution in [3.05, 3.63) is 40.7 Å². The molecule has 3 rings (SSSR count). The zero-order chi connectivity index (χ0) is 13.4. The van der Waals surface area contributed by atoms with Crippen molar-refractivity contribution in [2.45, 2.75) is 0 Å². The third-order valence-corrected chi connectivity index (χ3v) is 2.99. The number of nitrogen functional groups attached to an aromatic ring is 1. The van der Waals surface area contributed by atoms with Crippen LogP contribution in [-0.2, 0) is 0 Å². The van der Waals surface area contributed by atoms with Gasteiger partial charge in [-0.25, -0.2) is 0 Å². The molecule has 0 unspecified atom stereocenters. The lowest BCUT2D eigenvalue weighted by Crippen LogP contribution is -2.07. The maximum absolute atomic E-state index is 12.0. The third-order valence-electron chi connectivity index (χ3n) is 2.99. The molecule has 2 heterocycles. The Morgan fingerprint density at radius 1 is 1.26 bits per heavy atom. The summed E-state index contributed by atoms with van der Waals surface area (Å²) in [6, 6.07) is 9.21. The zero-order valence-corrected chi connectivity index (χ0v) is 10.2. The van der Waals surface area contributed by atoms with Gasteiger partial charge >= 0.3 is 0 Å². The van der Waals surface area contributed by atoms with Gasteiger partial charge in [-0.3, -0.25) is 9.89 Å². The Morgan fingerprint density at radius 3 is 2.68 bits per heavy atom. The highest BCUT2D eigenvalue weighted by Crippen LogP contribution is 2.22. The number of nitrogens with two attached hydrogens (primary N) is 1. The van der Waals surface area contributed by atoms with Crippen LogP contribution in [0.1, 0.15) is 0 Å². The van der Waals surface area contributed by atoms with Crippen LogP contribution in [0.15, 0.2) is 35.1 Å². The van der Waals surface area contributed by atoms with Gasteiger partial charge in [0.15, 0.2) is 5.82 Å². The number of hydrogen-bond acceptors (Lipinski definition) is 4. The summed E-state index contributed by atoms with van der Waals surface area (Å²) >= 11 is 0. The summed E-state index contributed by atoms with van der Waals surface area (Å²) in [6.07, 6.45) is 0. The van der Waals surface area contributed by atoms with E-state index in [0.717, 1.165) is 11.3 Å². The van der Waals surface area contributed by atoms with Gasteiger partial charge < -0.3 is 15.5 Å². The van der Waals surface area contributed by atoms with Crippen molar-refractivity contribution in [3.63, 3.8) is 0 Å². The first-order valence-corrected chi connectivity index (χ1v) is 5.70. The molecular formula is C13H12N4O2. The number of anilines is 1. The fourth-order valence-electron chi connectivity index (χ4n) is 2.00. The van der Waals surface area contributed by atoms with E-state index in [-0.39, 0.29) is 11.4 Å². The fraction of sp³-hybridized carbons (Fsp3) is 0.0769. The number of nitrogens with zero attached hydrogens (tertiary/aromatic N) is 1. The summed E-state index contributed by atoms with van der Waals surface area (Å²) in [5.41, 5.74) is 7.57. The summed E-state index contributed by atoms with van der Waals surface area (Å²) in [4.78, 5) is 14.8. The Bertz CT molecular complexity index is 787. The molecular weight excluding hydrogens is 244 g/mol. The van der Waals surface area contributed by atoms with E-state index >= 15 is 0 Å². The van der Waals surface area contributed by atoms with Crippen molar-refractivity contribution in [1.82, 2.24) is 15.2 Å². The lowest BCUT2D eigenvalue weighted by Gasteiger charge is -2.03. The van der Waals surface area contributed by atoms with E-state index in [9.17, 15) is 4.79 Å². The van der Waals surface area contributed by atoms with Gasteiger partial charge in [-0.15, -0.1) is 0 Å². The quantitative estimate of drug-likeness (QED) is 0.647. The minimum absolute atomic E-state index is 0.206. The molecule has 0 fully saturated rings. The smallest absolute Gasteiger partial charge is 0.261 e. The molecule has 3 aromatic rings. The SMILES string of the molecule is COc1ccc(-c2cc3[nH]nc(N)c3c(=O)[nH]2)cc1. The second-order valence-corrected chi connectivity index (χ2v) is 4.14. The molecule has 1 aromatic carbocycles. The van der Waals surface area contributed by atoms with Gasteiger partial charge in [-0.2, -0.15) is 5.10 Å². The van der Waals surface area contributed by atoms with Crippen LogP contribution in [0, 0.1) is 0 Å². The predicted octanol–water partition coefficient (Wildman–Crippen LogP) is 1.51. The molecule has 0 aliphatic heterocycles. The maximum Gasteiger partial charge on any atom is 0.261 e. The number of benzene rings is 1. The minimum Gasteiger partial charge on any atom is -0.497 e. The van der Waals surface area contributed by atoms with Crippen LogP contribution in [-0.4, -0.2) is 22.3 Å². The Labute approximate surface area is 108 Å². The zero-order valence-electron chi connectivity index (χ0n) is 10.2. The van der Waals surface area contributed by atoms with Crippen LogP contribution in [0.2, 0.25) is 0 Å². The van der Waals surface area contributed by atoms with E-state index in [2.05, 4.69) is 15.2 Å². The van der Waals surface area contributed by atoms with Crippen LogP contribution in [0.25, 0.3) is 22.2 Å². The summed E-state index contributed by atoms with van der Waals surface area (Å²) in [5.74, 6) is 0.968. The number of H-pyrrole nitrogens is 2. The first-order valence-electron chi connectivity index (χ1n) is 5.70. The van der Waals surface area contributed by atoms with Crippen molar-refractivity contribution in [2.24, 2.45) is 0 Å². The Morgan fingerprint density at radius 2 is 2.00 bits per heavy atom. The van der Waals surface area contributed by atoms with Crippen molar-refractivity contribution in [2.75, 3.05) is 12.8 Å². The van der Waals surface area contributed by atoms with Crippen molar-refractivity contribution in [3.8, 4) is 17.0 Å². The van der Waals surface area contributed by atoms with E-state index in [1.54, 1.807) is 7.11 Å². The Kier molecular flexibility index (Phi) is 2.49. The number of nitrogens with one attached hydrogen (secondary N) is 2. The summed E-state index contributed by atoms with van der Waals surface area (Å²) in [6.45, 7) is 0. The van der Waals surface area contributed by atoms with Gasteiger partial charge in [0.2, 0.25) is 0 Å². The molecule has 0 bridgehead atoms. The third kappa shape index (κ3) is 1.83. The average molecular weight is 256 g/mol. The molecule has 0 atom stereocenters. The molecule has 6 heteroatoms.